The van der Waals surface area contributed by atoms with Crippen LogP contribution in [0.5, 0.6) is 0 Å². The molecule has 3 rings (SSSR count). The van der Waals surface area contributed by atoms with E-state index in [-0.39, 0.29) is 17.9 Å². The molecule has 1 fully saturated rings. The number of urea groups is 1. The molecular formula is C16H20N2O3. The summed E-state index contributed by atoms with van der Waals surface area (Å²) < 4.78 is 0. The van der Waals surface area contributed by atoms with Gasteiger partial charge in [-0.3, -0.25) is 4.79 Å². The average Bonchev–Trinajstić information content (AvgIpc) is 3.23. The van der Waals surface area contributed by atoms with E-state index in [4.69, 9.17) is 5.11 Å². The van der Waals surface area contributed by atoms with Gasteiger partial charge < -0.3 is 15.3 Å². The predicted molar refractivity (Wildman–Crippen MR) is 78.0 cm³/mol. The third-order valence-corrected chi connectivity index (χ3v) is 4.43. The van der Waals surface area contributed by atoms with Gasteiger partial charge in [0.05, 0.1) is 0 Å². The predicted octanol–water partition coefficient (Wildman–Crippen LogP) is 2.11. The average molecular weight is 288 g/mol. The molecule has 2 N–H and O–H groups in total. The second-order valence-electron chi connectivity index (χ2n) is 6.02. The minimum Gasteiger partial charge on any atom is -0.481 e. The number of aliphatic carboxylic acids is 1. The molecule has 1 saturated carbocycles. The maximum Gasteiger partial charge on any atom is 0.317 e. The molecule has 5 nitrogen and oxygen atoms in total. The molecule has 1 aliphatic carbocycles. The number of nitrogens with one attached hydrogen (secondary N) is 1. The van der Waals surface area contributed by atoms with Gasteiger partial charge in [0.25, 0.3) is 0 Å². The molecule has 2 amide bonds. The van der Waals surface area contributed by atoms with Crippen molar-refractivity contribution in [3.63, 3.8) is 0 Å². The fourth-order valence-corrected chi connectivity index (χ4v) is 3.16. The van der Waals surface area contributed by atoms with Crippen molar-refractivity contribution in [3.05, 3.63) is 35.4 Å². The fraction of sp³-hybridized carbons (Fsp3) is 0.500. The van der Waals surface area contributed by atoms with Gasteiger partial charge in [0.1, 0.15) is 0 Å². The Bertz CT molecular complexity index is 566. The Morgan fingerprint density at radius 3 is 2.76 bits per heavy atom. The number of hydrogen-bond donors (Lipinski definition) is 2. The van der Waals surface area contributed by atoms with Crippen molar-refractivity contribution in [2.45, 2.75) is 37.6 Å². The maximum absolute atomic E-state index is 12.2. The lowest BCUT2D eigenvalue weighted by molar-refractivity contribution is -0.137. The summed E-state index contributed by atoms with van der Waals surface area (Å²) in [6.07, 6.45) is 2.85. The lowest BCUT2D eigenvalue weighted by Crippen LogP contribution is -2.46. The van der Waals surface area contributed by atoms with E-state index in [1.54, 1.807) is 0 Å². The van der Waals surface area contributed by atoms with Crippen LogP contribution in [0.15, 0.2) is 24.3 Å². The second kappa shape index (κ2) is 5.39. The number of carbonyl (C=O) groups excluding carboxylic acids is 1. The lowest BCUT2D eigenvalue weighted by atomic mass is 9.87. The minimum atomic E-state index is -0.826. The Hall–Kier alpha value is -2.04. The van der Waals surface area contributed by atoms with Crippen molar-refractivity contribution in [2.75, 3.05) is 13.1 Å². The molecule has 0 aromatic heterocycles. The van der Waals surface area contributed by atoms with E-state index >= 15 is 0 Å². The third kappa shape index (κ3) is 2.86. The normalized spacial score (nSPS) is 18.2. The zero-order valence-electron chi connectivity index (χ0n) is 12.0. The van der Waals surface area contributed by atoms with Crippen LogP contribution in [0.4, 0.5) is 4.79 Å². The maximum atomic E-state index is 12.2. The molecular weight excluding hydrogens is 268 g/mol. The van der Waals surface area contributed by atoms with E-state index in [0.29, 0.717) is 19.5 Å². The SMILES string of the molecule is O=C(O)CCCNC(=O)N1Cc2ccccc2C2(CC2)C1. The van der Waals surface area contributed by atoms with Crippen molar-refractivity contribution in [2.24, 2.45) is 0 Å². The van der Waals surface area contributed by atoms with Crippen molar-refractivity contribution in [3.8, 4) is 0 Å². The van der Waals surface area contributed by atoms with Gasteiger partial charge in [-0.15, -0.1) is 0 Å². The van der Waals surface area contributed by atoms with Crippen LogP contribution in [-0.2, 0) is 16.8 Å². The molecule has 1 aliphatic heterocycles. The smallest absolute Gasteiger partial charge is 0.317 e. The topological polar surface area (TPSA) is 69.6 Å². The summed E-state index contributed by atoms with van der Waals surface area (Å²) in [5, 5.41) is 11.4. The quantitative estimate of drug-likeness (QED) is 0.834. The molecule has 0 bridgehead atoms. The highest BCUT2D eigenvalue weighted by atomic mass is 16.4. The molecule has 1 heterocycles. The standard InChI is InChI=1S/C16H20N2O3/c19-14(20)6-3-9-17-15(21)18-10-12-4-1-2-5-13(12)16(11-18)7-8-16/h1-2,4-5H,3,6-11H2,(H,17,21)(H,19,20). The number of carboxylic acids is 1. The van der Waals surface area contributed by atoms with Gasteiger partial charge in [0.2, 0.25) is 0 Å². The number of carbonyl (C=O) groups is 2. The Labute approximate surface area is 123 Å². The van der Waals surface area contributed by atoms with Crippen LogP contribution < -0.4 is 5.32 Å². The fourth-order valence-electron chi connectivity index (χ4n) is 3.16. The first-order valence-electron chi connectivity index (χ1n) is 7.44. The second-order valence-corrected chi connectivity index (χ2v) is 6.02. The van der Waals surface area contributed by atoms with Gasteiger partial charge in [-0.1, -0.05) is 24.3 Å². The molecule has 21 heavy (non-hydrogen) atoms. The number of nitrogens with zero attached hydrogens (tertiary/aromatic N) is 1. The summed E-state index contributed by atoms with van der Waals surface area (Å²) in [6.45, 7) is 1.83. The molecule has 2 aliphatic rings. The van der Waals surface area contributed by atoms with Gasteiger partial charge in [-0.05, 0) is 30.4 Å². The first-order chi connectivity index (χ1) is 10.1. The highest BCUT2D eigenvalue weighted by Crippen LogP contribution is 2.52. The summed E-state index contributed by atoms with van der Waals surface area (Å²) in [6, 6.07) is 8.29. The lowest BCUT2D eigenvalue weighted by Gasteiger charge is -2.35. The number of benzene rings is 1. The molecule has 5 heteroatoms. The van der Waals surface area contributed by atoms with Crippen molar-refractivity contribution in [1.29, 1.82) is 0 Å². The third-order valence-electron chi connectivity index (χ3n) is 4.43. The van der Waals surface area contributed by atoms with Gasteiger partial charge in [0.15, 0.2) is 0 Å². The van der Waals surface area contributed by atoms with E-state index in [2.05, 4.69) is 23.5 Å². The Morgan fingerprint density at radius 2 is 2.05 bits per heavy atom. The van der Waals surface area contributed by atoms with Crippen LogP contribution >= 0.6 is 0 Å². The summed E-state index contributed by atoms with van der Waals surface area (Å²) in [7, 11) is 0. The number of amides is 2. The monoisotopic (exact) mass is 288 g/mol. The summed E-state index contributed by atoms with van der Waals surface area (Å²) >= 11 is 0. The summed E-state index contributed by atoms with van der Waals surface area (Å²) in [4.78, 5) is 24.5. The van der Waals surface area contributed by atoms with Crippen molar-refractivity contribution in [1.82, 2.24) is 10.2 Å². The van der Waals surface area contributed by atoms with E-state index < -0.39 is 5.97 Å². The Kier molecular flexibility index (Phi) is 3.57. The van der Waals surface area contributed by atoms with Crippen LogP contribution in [0, 0.1) is 0 Å². The van der Waals surface area contributed by atoms with E-state index in [9.17, 15) is 9.59 Å². The zero-order chi connectivity index (χ0) is 14.9. The number of carboxylic acid groups (broad SMARTS) is 1. The first kappa shape index (κ1) is 13.9. The molecule has 0 radical (unpaired) electrons. The summed E-state index contributed by atoms with van der Waals surface area (Å²) in [5.74, 6) is -0.826. The van der Waals surface area contributed by atoms with Gasteiger partial charge >= 0.3 is 12.0 Å². The zero-order valence-corrected chi connectivity index (χ0v) is 12.0. The molecule has 1 spiro atoms. The number of rotatable bonds is 4. The molecule has 1 aromatic rings. The number of fused-ring (bicyclic) bond motifs is 2. The minimum absolute atomic E-state index is 0.0823. The molecule has 0 unspecified atom stereocenters. The largest absolute Gasteiger partial charge is 0.481 e. The molecule has 0 atom stereocenters. The van der Waals surface area contributed by atoms with E-state index in [0.717, 1.165) is 19.4 Å². The Balaban J connectivity index is 1.60. The summed E-state index contributed by atoms with van der Waals surface area (Å²) in [5.41, 5.74) is 2.81. The van der Waals surface area contributed by atoms with Crippen LogP contribution in [0.25, 0.3) is 0 Å². The molecule has 1 aromatic carbocycles. The van der Waals surface area contributed by atoms with Crippen LogP contribution in [-0.4, -0.2) is 35.1 Å². The first-order valence-corrected chi connectivity index (χ1v) is 7.44. The molecule has 0 saturated heterocycles. The van der Waals surface area contributed by atoms with Crippen molar-refractivity contribution >= 4 is 12.0 Å². The van der Waals surface area contributed by atoms with Crippen LogP contribution in [0.3, 0.4) is 0 Å². The van der Waals surface area contributed by atoms with Crippen LogP contribution in [0.2, 0.25) is 0 Å². The van der Waals surface area contributed by atoms with Crippen LogP contribution in [0.1, 0.15) is 36.8 Å². The van der Waals surface area contributed by atoms with Crippen molar-refractivity contribution < 1.29 is 14.7 Å². The Morgan fingerprint density at radius 1 is 1.29 bits per heavy atom. The van der Waals surface area contributed by atoms with Gasteiger partial charge in [-0.25, -0.2) is 4.79 Å². The van der Waals surface area contributed by atoms with E-state index in [1.165, 1.54) is 11.1 Å². The number of hydrogen-bond acceptors (Lipinski definition) is 2. The van der Waals surface area contributed by atoms with Gasteiger partial charge in [-0.2, -0.15) is 0 Å². The highest BCUT2D eigenvalue weighted by molar-refractivity contribution is 5.75. The van der Waals surface area contributed by atoms with E-state index in [1.807, 2.05) is 11.0 Å². The molecule has 112 valence electrons. The van der Waals surface area contributed by atoms with Gasteiger partial charge in [0, 0.05) is 31.5 Å². The highest BCUT2D eigenvalue weighted by Gasteiger charge is 2.49.